The van der Waals surface area contributed by atoms with Crippen molar-refractivity contribution >= 4 is 0 Å². The van der Waals surface area contributed by atoms with E-state index in [9.17, 15) is 0 Å². The van der Waals surface area contributed by atoms with E-state index in [4.69, 9.17) is 4.84 Å². The fourth-order valence-electron chi connectivity index (χ4n) is 0.434. The molecule has 0 N–H and O–H groups in total. The molecule has 0 rings (SSSR count). The molecule has 0 spiro atoms. The second kappa shape index (κ2) is 4.77. The predicted octanol–water partition coefficient (Wildman–Crippen LogP) is 1.69. The van der Waals surface area contributed by atoms with Crippen LogP contribution in [-0.2, 0) is 4.84 Å². The molecule has 0 aromatic heterocycles. The van der Waals surface area contributed by atoms with Crippen LogP contribution in [0.25, 0.3) is 0 Å². The van der Waals surface area contributed by atoms with Gasteiger partial charge in [-0.3, -0.25) is 0 Å². The molecule has 0 aliphatic carbocycles. The monoisotopic (exact) mass is 130 g/mol. The maximum absolute atomic E-state index is 4.88. The average molecular weight is 130 g/mol. The molecule has 0 aliphatic heterocycles. The van der Waals surface area contributed by atoms with Crippen molar-refractivity contribution < 1.29 is 4.84 Å². The van der Waals surface area contributed by atoms with Gasteiger partial charge in [0.1, 0.15) is 0 Å². The van der Waals surface area contributed by atoms with Gasteiger partial charge in [-0.15, -0.1) is 0 Å². The van der Waals surface area contributed by atoms with Crippen LogP contribution in [0.15, 0.2) is 0 Å². The molecule has 0 fully saturated rings. The summed E-state index contributed by atoms with van der Waals surface area (Å²) in [5.41, 5.74) is 0. The van der Waals surface area contributed by atoms with Crippen LogP contribution >= 0.6 is 0 Å². The molecule has 0 unspecified atom stereocenters. The standard InChI is InChI=1S/C7H16NO/c1-7(2)5-6-8(3)9-4/h6-7H,5H2,1-4H3. The fraction of sp³-hybridized carbons (Fsp3) is 0.857. The molecule has 0 aliphatic rings. The highest BCUT2D eigenvalue weighted by atomic mass is 16.7. The maximum atomic E-state index is 4.88. The van der Waals surface area contributed by atoms with Gasteiger partial charge in [0.25, 0.3) is 0 Å². The Labute approximate surface area is 57.8 Å². The lowest BCUT2D eigenvalue weighted by Gasteiger charge is -2.13. The van der Waals surface area contributed by atoms with E-state index in [1.807, 2.05) is 13.6 Å². The van der Waals surface area contributed by atoms with Gasteiger partial charge in [-0.25, -0.2) is 0 Å². The van der Waals surface area contributed by atoms with E-state index >= 15 is 0 Å². The third-order valence-electron chi connectivity index (χ3n) is 1.12. The number of hydrogen-bond acceptors (Lipinski definition) is 2. The summed E-state index contributed by atoms with van der Waals surface area (Å²) in [5, 5.41) is 1.72. The largest absolute Gasteiger partial charge is 0.302 e. The van der Waals surface area contributed by atoms with Gasteiger partial charge in [-0.2, -0.15) is 5.06 Å². The van der Waals surface area contributed by atoms with E-state index in [2.05, 4.69) is 13.8 Å². The number of hydrogen-bond donors (Lipinski definition) is 0. The Hall–Kier alpha value is -0.0800. The average Bonchev–Trinajstić information content (AvgIpc) is 1.83. The van der Waals surface area contributed by atoms with E-state index in [-0.39, 0.29) is 0 Å². The van der Waals surface area contributed by atoms with Gasteiger partial charge in [0.05, 0.1) is 13.7 Å². The summed E-state index contributed by atoms with van der Waals surface area (Å²) >= 11 is 0. The normalized spacial score (nSPS) is 11.3. The quantitative estimate of drug-likeness (QED) is 0.537. The topological polar surface area (TPSA) is 12.5 Å². The van der Waals surface area contributed by atoms with Gasteiger partial charge < -0.3 is 4.84 Å². The van der Waals surface area contributed by atoms with Crippen LogP contribution in [0.5, 0.6) is 0 Å². The zero-order valence-electron chi connectivity index (χ0n) is 6.72. The van der Waals surface area contributed by atoms with Crippen LogP contribution in [-0.4, -0.2) is 19.2 Å². The molecule has 0 saturated heterocycles. The number of hydroxylamine groups is 2. The Balaban J connectivity index is 3.06. The molecule has 0 aromatic rings. The lowest BCUT2D eigenvalue weighted by Crippen LogP contribution is -2.13. The first kappa shape index (κ1) is 8.92. The molecule has 0 heterocycles. The van der Waals surface area contributed by atoms with Gasteiger partial charge in [0.15, 0.2) is 0 Å². The minimum atomic E-state index is 0.711. The van der Waals surface area contributed by atoms with Gasteiger partial charge in [-0.1, -0.05) is 13.8 Å². The fourth-order valence-corrected chi connectivity index (χ4v) is 0.434. The highest BCUT2D eigenvalue weighted by Gasteiger charge is 1.97. The Bertz CT molecular complexity index is 63.9. The Kier molecular flexibility index (Phi) is 4.72. The Morgan fingerprint density at radius 1 is 1.56 bits per heavy atom. The van der Waals surface area contributed by atoms with E-state index in [0.29, 0.717) is 5.92 Å². The van der Waals surface area contributed by atoms with Gasteiger partial charge in [0, 0.05) is 7.05 Å². The molecule has 0 saturated carbocycles. The van der Waals surface area contributed by atoms with Gasteiger partial charge in [-0.05, 0) is 12.3 Å². The summed E-state index contributed by atoms with van der Waals surface area (Å²) in [6.45, 7) is 6.39. The summed E-state index contributed by atoms with van der Waals surface area (Å²) in [6, 6.07) is 0. The van der Waals surface area contributed by atoms with Crippen molar-refractivity contribution in [2.75, 3.05) is 14.2 Å². The SMILES string of the molecule is CON(C)[CH]CC(C)C. The molecule has 1 radical (unpaired) electrons. The Morgan fingerprint density at radius 2 is 2.11 bits per heavy atom. The summed E-state index contributed by atoms with van der Waals surface area (Å²) in [4.78, 5) is 4.88. The minimum absolute atomic E-state index is 0.711. The number of rotatable bonds is 4. The molecule has 0 bridgehead atoms. The summed E-state index contributed by atoms with van der Waals surface area (Å²) in [6.07, 6.45) is 1.07. The van der Waals surface area contributed by atoms with Crippen LogP contribution in [0.2, 0.25) is 0 Å². The molecule has 55 valence electrons. The zero-order valence-corrected chi connectivity index (χ0v) is 6.72. The van der Waals surface area contributed by atoms with Crippen molar-refractivity contribution in [3.05, 3.63) is 6.54 Å². The van der Waals surface area contributed by atoms with Crippen LogP contribution < -0.4 is 0 Å². The summed E-state index contributed by atoms with van der Waals surface area (Å²) in [5.74, 6) is 0.711. The first-order valence-corrected chi connectivity index (χ1v) is 3.27. The first-order chi connectivity index (χ1) is 4.16. The van der Waals surface area contributed by atoms with Crippen LogP contribution in [0.4, 0.5) is 0 Å². The van der Waals surface area contributed by atoms with Gasteiger partial charge in [0.2, 0.25) is 0 Å². The predicted molar refractivity (Wildman–Crippen MR) is 38.5 cm³/mol. The summed E-state index contributed by atoms with van der Waals surface area (Å²) < 4.78 is 0. The second-order valence-corrected chi connectivity index (χ2v) is 2.54. The molecule has 2 heteroatoms. The molecular formula is C7H16NO. The van der Waals surface area contributed by atoms with Crippen LogP contribution in [0.3, 0.4) is 0 Å². The summed E-state index contributed by atoms with van der Waals surface area (Å²) in [7, 11) is 3.55. The van der Waals surface area contributed by atoms with E-state index in [1.54, 1.807) is 12.2 Å². The van der Waals surface area contributed by atoms with E-state index < -0.39 is 0 Å². The van der Waals surface area contributed by atoms with Crippen molar-refractivity contribution in [2.24, 2.45) is 5.92 Å². The lowest BCUT2D eigenvalue weighted by atomic mass is 10.1. The van der Waals surface area contributed by atoms with Crippen molar-refractivity contribution in [2.45, 2.75) is 20.3 Å². The number of nitrogens with zero attached hydrogens (tertiary/aromatic N) is 1. The van der Waals surface area contributed by atoms with Crippen molar-refractivity contribution in [3.8, 4) is 0 Å². The van der Waals surface area contributed by atoms with Gasteiger partial charge >= 0.3 is 0 Å². The molecule has 9 heavy (non-hydrogen) atoms. The Morgan fingerprint density at radius 3 is 2.44 bits per heavy atom. The molecular weight excluding hydrogens is 114 g/mol. The minimum Gasteiger partial charge on any atom is -0.302 e. The third-order valence-corrected chi connectivity index (χ3v) is 1.12. The molecule has 0 amide bonds. The van der Waals surface area contributed by atoms with Crippen molar-refractivity contribution in [3.63, 3.8) is 0 Å². The van der Waals surface area contributed by atoms with Crippen molar-refractivity contribution in [1.29, 1.82) is 0 Å². The molecule has 0 aromatic carbocycles. The van der Waals surface area contributed by atoms with E-state index in [0.717, 1.165) is 6.42 Å². The maximum Gasteiger partial charge on any atom is 0.0575 e. The molecule has 2 nitrogen and oxygen atoms in total. The second-order valence-electron chi connectivity index (χ2n) is 2.54. The smallest absolute Gasteiger partial charge is 0.0575 e. The van der Waals surface area contributed by atoms with Crippen LogP contribution in [0, 0.1) is 12.5 Å². The van der Waals surface area contributed by atoms with Crippen LogP contribution in [0.1, 0.15) is 20.3 Å². The first-order valence-electron chi connectivity index (χ1n) is 3.27. The highest BCUT2D eigenvalue weighted by molar-refractivity contribution is 4.59. The zero-order chi connectivity index (χ0) is 7.28. The molecule has 0 atom stereocenters. The van der Waals surface area contributed by atoms with E-state index in [1.165, 1.54) is 0 Å². The lowest BCUT2D eigenvalue weighted by molar-refractivity contribution is -0.0858. The highest BCUT2D eigenvalue weighted by Crippen LogP contribution is 2.03. The van der Waals surface area contributed by atoms with Crippen molar-refractivity contribution in [1.82, 2.24) is 5.06 Å². The third kappa shape index (κ3) is 5.80.